The molecule has 0 atom stereocenters. The summed E-state index contributed by atoms with van der Waals surface area (Å²) < 4.78 is 8.08. The van der Waals surface area contributed by atoms with E-state index < -0.39 is 0 Å². The fourth-order valence-corrected chi connectivity index (χ4v) is 3.51. The molecule has 1 amide bonds. The molecule has 0 saturated heterocycles. The second kappa shape index (κ2) is 7.17. The van der Waals surface area contributed by atoms with Crippen molar-refractivity contribution in [3.63, 3.8) is 0 Å². The van der Waals surface area contributed by atoms with Crippen molar-refractivity contribution in [2.75, 3.05) is 20.3 Å². The first-order valence-corrected chi connectivity index (χ1v) is 8.53. The summed E-state index contributed by atoms with van der Waals surface area (Å²) in [6.07, 6.45) is 0. The smallest absolute Gasteiger partial charge is 0.268 e. The van der Waals surface area contributed by atoms with Crippen LogP contribution in [0.1, 0.15) is 16.1 Å². The van der Waals surface area contributed by atoms with Gasteiger partial charge in [-0.25, -0.2) is 0 Å². The highest BCUT2D eigenvalue weighted by atomic mass is 35.5. The van der Waals surface area contributed by atoms with E-state index in [-0.39, 0.29) is 5.91 Å². The van der Waals surface area contributed by atoms with Crippen molar-refractivity contribution in [2.24, 2.45) is 0 Å². The highest BCUT2D eigenvalue weighted by molar-refractivity contribution is 7.17. The number of carbonyl (C=O) groups is 1. The zero-order valence-corrected chi connectivity index (χ0v) is 14.3. The van der Waals surface area contributed by atoms with Gasteiger partial charge in [0.2, 0.25) is 0 Å². The molecule has 0 aliphatic carbocycles. The fourth-order valence-electron chi connectivity index (χ4n) is 2.49. The summed E-state index contributed by atoms with van der Waals surface area (Å²) in [5.74, 6) is -0.0995. The Morgan fingerprint density at radius 2 is 2.17 bits per heavy atom. The summed E-state index contributed by atoms with van der Waals surface area (Å²) in [5, 5.41) is 5.61. The van der Waals surface area contributed by atoms with Crippen LogP contribution in [0, 0.1) is 0 Å². The number of thiophene rings is 1. The van der Waals surface area contributed by atoms with Crippen molar-refractivity contribution in [1.29, 1.82) is 0 Å². The predicted molar refractivity (Wildman–Crippen MR) is 94.6 cm³/mol. The third-order valence-corrected chi connectivity index (χ3v) is 4.86. The van der Waals surface area contributed by atoms with Crippen LogP contribution in [0.25, 0.3) is 10.2 Å². The van der Waals surface area contributed by atoms with E-state index >= 15 is 0 Å². The molecule has 1 aromatic carbocycles. The van der Waals surface area contributed by atoms with Crippen LogP contribution in [-0.4, -0.2) is 30.7 Å². The maximum atomic E-state index is 12.5. The summed E-state index contributed by atoms with van der Waals surface area (Å²) in [4.78, 5) is 12.5. The number of carbonyl (C=O) groups excluding carboxylic acids is 1. The van der Waals surface area contributed by atoms with Crippen LogP contribution in [0.4, 0.5) is 0 Å². The van der Waals surface area contributed by atoms with Crippen molar-refractivity contribution >= 4 is 39.1 Å². The second-order valence-corrected chi connectivity index (χ2v) is 6.48. The number of methoxy groups -OCH3 is 1. The summed E-state index contributed by atoms with van der Waals surface area (Å²) in [6, 6.07) is 11.7. The average Bonchev–Trinajstić information content (AvgIpc) is 3.12. The molecular weight excluding hydrogens is 332 g/mol. The van der Waals surface area contributed by atoms with Crippen LogP contribution >= 0.6 is 22.9 Å². The molecule has 6 heteroatoms. The van der Waals surface area contributed by atoms with Gasteiger partial charge in [-0.3, -0.25) is 4.79 Å². The number of halogens is 1. The Morgan fingerprint density at radius 1 is 1.35 bits per heavy atom. The van der Waals surface area contributed by atoms with Crippen LogP contribution in [0.5, 0.6) is 0 Å². The van der Waals surface area contributed by atoms with Crippen LogP contribution in [0.15, 0.2) is 41.8 Å². The Morgan fingerprint density at radius 3 is 2.96 bits per heavy atom. The second-order valence-electron chi connectivity index (χ2n) is 5.13. The minimum atomic E-state index is -0.0995. The summed E-state index contributed by atoms with van der Waals surface area (Å²) in [6.45, 7) is 1.54. The van der Waals surface area contributed by atoms with E-state index in [1.54, 1.807) is 18.4 Å². The van der Waals surface area contributed by atoms with Crippen molar-refractivity contribution in [3.8, 4) is 0 Å². The first-order chi connectivity index (χ1) is 11.2. The number of hydrogen-bond donors (Lipinski definition) is 1. The van der Waals surface area contributed by atoms with Gasteiger partial charge in [0.1, 0.15) is 5.69 Å². The van der Waals surface area contributed by atoms with Gasteiger partial charge in [-0.2, -0.15) is 0 Å². The lowest BCUT2D eigenvalue weighted by Gasteiger charge is -2.12. The van der Waals surface area contributed by atoms with Gasteiger partial charge in [0.25, 0.3) is 5.91 Å². The fraction of sp³-hybridized carbons (Fsp3) is 0.235. The van der Waals surface area contributed by atoms with Crippen molar-refractivity contribution in [1.82, 2.24) is 9.88 Å². The standard InChI is InChI=1S/C17H17ClN2O2S/c1-22-8-7-19-17(21)15-10-16-14(6-9-23-16)20(15)11-12-4-2-3-5-13(12)18/h2-6,9-10H,7-8,11H2,1H3,(H,19,21). The molecule has 0 aliphatic heterocycles. The zero-order valence-electron chi connectivity index (χ0n) is 12.7. The van der Waals surface area contributed by atoms with E-state index in [4.69, 9.17) is 16.3 Å². The van der Waals surface area contributed by atoms with Gasteiger partial charge in [-0.1, -0.05) is 29.8 Å². The lowest BCUT2D eigenvalue weighted by atomic mass is 10.2. The highest BCUT2D eigenvalue weighted by Crippen LogP contribution is 2.27. The summed E-state index contributed by atoms with van der Waals surface area (Å²) in [7, 11) is 1.61. The molecule has 0 spiro atoms. The average molecular weight is 349 g/mol. The molecule has 0 bridgehead atoms. The number of rotatable bonds is 6. The van der Waals surface area contributed by atoms with Crippen LogP contribution in [-0.2, 0) is 11.3 Å². The van der Waals surface area contributed by atoms with Gasteiger partial charge in [0.05, 0.1) is 16.8 Å². The Labute approximate surface area is 143 Å². The maximum absolute atomic E-state index is 12.5. The largest absolute Gasteiger partial charge is 0.383 e. The molecule has 0 saturated carbocycles. The number of ether oxygens (including phenoxy) is 1. The molecular formula is C17H17ClN2O2S. The Bertz CT molecular complexity index is 825. The molecule has 23 heavy (non-hydrogen) atoms. The predicted octanol–water partition coefficient (Wildman–Crippen LogP) is 3.78. The minimum absolute atomic E-state index is 0.0995. The molecule has 1 N–H and O–H groups in total. The lowest BCUT2D eigenvalue weighted by Crippen LogP contribution is -2.29. The van der Waals surface area contributed by atoms with Crippen LogP contribution in [0.2, 0.25) is 5.02 Å². The van der Waals surface area contributed by atoms with Gasteiger partial charge >= 0.3 is 0 Å². The molecule has 3 rings (SSSR count). The Balaban J connectivity index is 1.94. The Kier molecular flexibility index (Phi) is 5.00. The maximum Gasteiger partial charge on any atom is 0.268 e. The number of nitrogens with one attached hydrogen (secondary N) is 1. The number of hydrogen-bond acceptors (Lipinski definition) is 3. The Hall–Kier alpha value is -1.82. The molecule has 120 valence electrons. The molecule has 0 aliphatic rings. The first-order valence-electron chi connectivity index (χ1n) is 7.28. The van der Waals surface area contributed by atoms with E-state index in [9.17, 15) is 4.79 Å². The van der Waals surface area contributed by atoms with E-state index in [2.05, 4.69) is 5.32 Å². The third kappa shape index (κ3) is 3.42. The van der Waals surface area contributed by atoms with E-state index in [0.29, 0.717) is 30.4 Å². The monoisotopic (exact) mass is 348 g/mol. The topological polar surface area (TPSA) is 43.3 Å². The molecule has 2 heterocycles. The number of fused-ring (bicyclic) bond motifs is 1. The van der Waals surface area contributed by atoms with Crippen molar-refractivity contribution < 1.29 is 9.53 Å². The van der Waals surface area contributed by atoms with Crippen LogP contribution < -0.4 is 5.32 Å². The normalized spacial score (nSPS) is 11.0. The van der Waals surface area contributed by atoms with E-state index in [1.165, 1.54) is 0 Å². The summed E-state index contributed by atoms with van der Waals surface area (Å²) >= 11 is 7.90. The molecule has 2 aromatic heterocycles. The molecule has 0 radical (unpaired) electrons. The lowest BCUT2D eigenvalue weighted by molar-refractivity contribution is 0.0928. The number of amides is 1. The number of aromatic nitrogens is 1. The van der Waals surface area contributed by atoms with E-state index in [1.807, 2.05) is 46.3 Å². The van der Waals surface area contributed by atoms with Crippen LogP contribution in [0.3, 0.4) is 0 Å². The molecule has 0 fully saturated rings. The third-order valence-electron chi connectivity index (χ3n) is 3.63. The number of benzene rings is 1. The highest BCUT2D eigenvalue weighted by Gasteiger charge is 2.17. The quantitative estimate of drug-likeness (QED) is 0.689. The van der Waals surface area contributed by atoms with Gasteiger partial charge in [0, 0.05) is 25.2 Å². The van der Waals surface area contributed by atoms with E-state index in [0.717, 1.165) is 15.8 Å². The molecule has 3 aromatic rings. The SMILES string of the molecule is COCCNC(=O)c1cc2sccc2n1Cc1ccccc1Cl. The molecule has 4 nitrogen and oxygen atoms in total. The number of nitrogens with zero attached hydrogens (tertiary/aromatic N) is 1. The minimum Gasteiger partial charge on any atom is -0.383 e. The van der Waals surface area contributed by atoms with Crippen molar-refractivity contribution in [2.45, 2.75) is 6.54 Å². The van der Waals surface area contributed by atoms with Gasteiger partial charge in [-0.15, -0.1) is 11.3 Å². The van der Waals surface area contributed by atoms with Crippen molar-refractivity contribution in [3.05, 3.63) is 58.1 Å². The van der Waals surface area contributed by atoms with Gasteiger partial charge in [-0.05, 0) is 29.1 Å². The van der Waals surface area contributed by atoms with Gasteiger partial charge in [0.15, 0.2) is 0 Å². The summed E-state index contributed by atoms with van der Waals surface area (Å²) in [5.41, 5.74) is 2.68. The first kappa shape index (κ1) is 16.1. The molecule has 0 unspecified atom stereocenters. The van der Waals surface area contributed by atoms with Gasteiger partial charge < -0.3 is 14.6 Å². The zero-order chi connectivity index (χ0) is 16.2.